The quantitative estimate of drug-likeness (QED) is 0.344. The van der Waals surface area contributed by atoms with E-state index in [2.05, 4.69) is 10.1 Å². The van der Waals surface area contributed by atoms with Crippen LogP contribution in [0.25, 0.3) is 11.3 Å². The highest BCUT2D eigenvalue weighted by molar-refractivity contribution is 7.97. The zero-order valence-corrected chi connectivity index (χ0v) is 17.2. The summed E-state index contributed by atoms with van der Waals surface area (Å²) >= 11 is 1.67. The van der Waals surface area contributed by atoms with E-state index in [-0.39, 0.29) is 17.9 Å². The second kappa shape index (κ2) is 8.49. The summed E-state index contributed by atoms with van der Waals surface area (Å²) < 4.78 is 20.7. The maximum Gasteiger partial charge on any atom is 0.233 e. The van der Waals surface area contributed by atoms with E-state index in [0.29, 0.717) is 17.2 Å². The van der Waals surface area contributed by atoms with Crippen LogP contribution in [0, 0.1) is 11.7 Å². The molecule has 8 heteroatoms. The molecular weight excluding hydrogens is 391 g/mol. The van der Waals surface area contributed by atoms with Gasteiger partial charge in [-0.05, 0) is 48.8 Å². The molecule has 1 fully saturated rings. The molecule has 0 amide bonds. The Hall–Kier alpha value is -2.48. The number of likely N-dealkylation sites (tertiary alicyclic amines) is 1. The van der Waals surface area contributed by atoms with Gasteiger partial charge in [0, 0.05) is 36.4 Å². The highest BCUT2D eigenvalue weighted by atomic mass is 32.2. The lowest BCUT2D eigenvalue weighted by atomic mass is 9.89. The molecule has 2 aromatic rings. The first-order valence-corrected chi connectivity index (χ1v) is 11.1. The van der Waals surface area contributed by atoms with E-state index in [1.807, 2.05) is 29.4 Å². The van der Waals surface area contributed by atoms with Gasteiger partial charge in [0.25, 0.3) is 0 Å². The molecule has 6 nitrogen and oxygen atoms in total. The first-order valence-electron chi connectivity index (χ1n) is 9.75. The van der Waals surface area contributed by atoms with Crippen LogP contribution in [0.1, 0.15) is 24.0 Å². The van der Waals surface area contributed by atoms with Gasteiger partial charge in [0.1, 0.15) is 17.7 Å². The summed E-state index contributed by atoms with van der Waals surface area (Å²) in [6.07, 6.45) is 6.44. The number of benzene rings is 1. The molecular formula is C21H25FN4O2S. The summed E-state index contributed by atoms with van der Waals surface area (Å²) in [6.45, 7) is 1.49. The number of thioether (sulfide) groups is 1. The van der Waals surface area contributed by atoms with E-state index in [1.54, 1.807) is 24.0 Å². The first kappa shape index (κ1) is 19.8. The van der Waals surface area contributed by atoms with Gasteiger partial charge < -0.3 is 20.6 Å². The number of halogens is 1. The molecule has 3 N–H and O–H groups in total. The summed E-state index contributed by atoms with van der Waals surface area (Å²) in [5.74, 6) is 1.90. The van der Waals surface area contributed by atoms with E-state index < -0.39 is 0 Å². The molecule has 1 atom stereocenters. The summed E-state index contributed by atoms with van der Waals surface area (Å²) in [7, 11) is 0. The van der Waals surface area contributed by atoms with Crippen molar-refractivity contribution in [2.24, 2.45) is 16.8 Å². The van der Waals surface area contributed by atoms with Crippen LogP contribution in [0.15, 0.2) is 35.6 Å². The predicted octanol–water partition coefficient (Wildman–Crippen LogP) is 3.47. The Morgan fingerprint density at radius 2 is 2.17 bits per heavy atom. The number of nitrogens with zero attached hydrogens (tertiary/aromatic N) is 3. The van der Waals surface area contributed by atoms with E-state index in [4.69, 9.17) is 15.7 Å². The molecule has 1 aromatic heterocycles. The zero-order valence-electron chi connectivity index (χ0n) is 16.3. The normalized spacial score (nSPS) is 19.9. The van der Waals surface area contributed by atoms with Gasteiger partial charge in [-0.3, -0.25) is 4.98 Å². The van der Waals surface area contributed by atoms with Crippen LogP contribution in [-0.2, 0) is 12.2 Å². The lowest BCUT2D eigenvalue weighted by molar-refractivity contribution is 0.111. The number of pyridine rings is 1. The lowest BCUT2D eigenvalue weighted by Gasteiger charge is -2.34. The smallest absolute Gasteiger partial charge is 0.233 e. The SMILES string of the molecule is CSCc1ccc(-c2cc3c(cn2)OC(C2CCN(/C(N)=N/O)CC2)C3)c(F)c1. The van der Waals surface area contributed by atoms with Crippen LogP contribution in [0.4, 0.5) is 4.39 Å². The van der Waals surface area contributed by atoms with Gasteiger partial charge >= 0.3 is 0 Å². The number of hydrogen-bond acceptors (Lipinski definition) is 5. The first-order chi connectivity index (χ1) is 14.1. The van der Waals surface area contributed by atoms with Gasteiger partial charge in [-0.15, -0.1) is 0 Å². The Labute approximate surface area is 173 Å². The van der Waals surface area contributed by atoms with Crippen LogP contribution in [-0.4, -0.2) is 46.5 Å². The largest absolute Gasteiger partial charge is 0.488 e. The third-order valence-corrected chi connectivity index (χ3v) is 6.38. The van der Waals surface area contributed by atoms with Crippen LogP contribution >= 0.6 is 11.8 Å². The third kappa shape index (κ3) is 4.12. The van der Waals surface area contributed by atoms with Crippen molar-refractivity contribution in [1.82, 2.24) is 9.88 Å². The molecule has 29 heavy (non-hydrogen) atoms. The number of rotatable bonds is 4. The highest BCUT2D eigenvalue weighted by Gasteiger charge is 2.33. The van der Waals surface area contributed by atoms with E-state index in [9.17, 15) is 4.39 Å². The summed E-state index contributed by atoms with van der Waals surface area (Å²) in [5, 5.41) is 11.9. The van der Waals surface area contributed by atoms with Crippen molar-refractivity contribution >= 4 is 17.7 Å². The number of piperidine rings is 1. The average Bonchev–Trinajstić information content (AvgIpc) is 3.17. The maximum absolute atomic E-state index is 14.6. The van der Waals surface area contributed by atoms with Gasteiger partial charge in [-0.25, -0.2) is 4.39 Å². The molecule has 0 spiro atoms. The van der Waals surface area contributed by atoms with Crippen molar-refractivity contribution in [2.75, 3.05) is 19.3 Å². The van der Waals surface area contributed by atoms with Crippen LogP contribution in [0.5, 0.6) is 5.75 Å². The molecule has 3 heterocycles. The van der Waals surface area contributed by atoms with Crippen LogP contribution < -0.4 is 10.5 Å². The van der Waals surface area contributed by atoms with Crippen LogP contribution in [0.2, 0.25) is 0 Å². The zero-order chi connectivity index (χ0) is 20.4. The minimum atomic E-state index is -0.241. The minimum absolute atomic E-state index is 0.0882. The summed E-state index contributed by atoms with van der Waals surface area (Å²) in [4.78, 5) is 6.32. The monoisotopic (exact) mass is 416 g/mol. The van der Waals surface area contributed by atoms with Gasteiger partial charge in [0.05, 0.1) is 11.9 Å². The van der Waals surface area contributed by atoms with Crippen molar-refractivity contribution in [3.05, 3.63) is 47.4 Å². The van der Waals surface area contributed by atoms with Gasteiger partial charge in [0.15, 0.2) is 0 Å². The number of ether oxygens (including phenoxy) is 1. The van der Waals surface area contributed by atoms with Crippen molar-refractivity contribution in [3.63, 3.8) is 0 Å². The second-order valence-corrected chi connectivity index (χ2v) is 8.43. The number of hydrogen-bond donors (Lipinski definition) is 2. The topological polar surface area (TPSA) is 84.0 Å². The number of guanidine groups is 1. The number of oxime groups is 1. The van der Waals surface area contributed by atoms with Crippen molar-refractivity contribution < 1.29 is 14.3 Å². The van der Waals surface area contributed by atoms with Gasteiger partial charge in [0.2, 0.25) is 5.96 Å². The molecule has 1 saturated heterocycles. The average molecular weight is 417 g/mol. The molecule has 1 aromatic carbocycles. The molecule has 0 aliphatic carbocycles. The fraction of sp³-hybridized carbons (Fsp3) is 0.429. The molecule has 2 aliphatic heterocycles. The van der Waals surface area contributed by atoms with E-state index in [0.717, 1.165) is 55.0 Å². The fourth-order valence-electron chi connectivity index (χ4n) is 4.17. The Bertz CT molecular complexity index is 916. The fourth-order valence-corrected chi connectivity index (χ4v) is 4.68. The van der Waals surface area contributed by atoms with Crippen molar-refractivity contribution in [1.29, 1.82) is 0 Å². The molecule has 0 bridgehead atoms. The number of fused-ring (bicyclic) bond motifs is 1. The van der Waals surface area contributed by atoms with Crippen LogP contribution in [0.3, 0.4) is 0 Å². The molecule has 0 saturated carbocycles. The van der Waals surface area contributed by atoms with Gasteiger partial charge in [-0.2, -0.15) is 11.8 Å². The Morgan fingerprint density at radius 1 is 1.38 bits per heavy atom. The van der Waals surface area contributed by atoms with Gasteiger partial charge in [-0.1, -0.05) is 11.2 Å². The van der Waals surface area contributed by atoms with Crippen molar-refractivity contribution in [3.8, 4) is 17.0 Å². The Balaban J connectivity index is 1.45. The summed E-state index contributed by atoms with van der Waals surface area (Å²) in [5.41, 5.74) is 8.89. The second-order valence-electron chi connectivity index (χ2n) is 7.57. The van der Waals surface area contributed by atoms with E-state index in [1.165, 1.54) is 0 Å². The molecule has 1 unspecified atom stereocenters. The molecule has 154 valence electrons. The Kier molecular flexibility index (Phi) is 5.80. The third-order valence-electron chi connectivity index (χ3n) is 5.76. The highest BCUT2D eigenvalue weighted by Crippen LogP contribution is 2.37. The molecule has 2 aliphatic rings. The Morgan fingerprint density at radius 3 is 2.86 bits per heavy atom. The summed E-state index contributed by atoms with van der Waals surface area (Å²) in [6, 6.07) is 7.31. The predicted molar refractivity (Wildman–Crippen MR) is 113 cm³/mol. The number of nitrogens with two attached hydrogens (primary N) is 1. The van der Waals surface area contributed by atoms with E-state index >= 15 is 0 Å². The lowest BCUT2D eigenvalue weighted by Crippen LogP contribution is -2.45. The minimum Gasteiger partial charge on any atom is -0.488 e. The maximum atomic E-state index is 14.6. The molecule has 0 radical (unpaired) electrons. The molecule has 4 rings (SSSR count). The van der Waals surface area contributed by atoms with Crippen molar-refractivity contribution in [2.45, 2.75) is 31.1 Å². The standard InChI is InChI=1S/C21H25FN4O2S/c1-29-12-13-2-3-16(17(22)8-13)18-9-15-10-19(28-20(15)11-24-18)14-4-6-26(7-5-14)21(23)25-27/h2-3,8-9,11,14,19,27H,4-7,10,12H2,1H3,(H2,23,25). The number of aromatic nitrogens is 1.